The number of Topliss-reactive ketones (excluding diaryl/α,β-unsaturated/α-hetero) is 2. The minimum absolute atomic E-state index is 0.0231. The number of phenols is 1. The van der Waals surface area contributed by atoms with Crippen molar-refractivity contribution in [3.63, 3.8) is 0 Å². The van der Waals surface area contributed by atoms with E-state index in [1.165, 1.54) is 13.8 Å². The molecule has 0 amide bonds. The molecule has 3 heteroatoms. The predicted molar refractivity (Wildman–Crippen MR) is 57.6 cm³/mol. The summed E-state index contributed by atoms with van der Waals surface area (Å²) in [5.74, 6) is -0.348. The zero-order valence-corrected chi connectivity index (χ0v) is 9.34. The Labute approximate surface area is 88.7 Å². The van der Waals surface area contributed by atoms with Crippen LogP contribution in [0.15, 0.2) is 6.07 Å². The number of hydrogen-bond donors (Lipinski definition) is 1. The molecular weight excluding hydrogens is 192 g/mol. The first-order valence-corrected chi connectivity index (χ1v) is 4.71. The van der Waals surface area contributed by atoms with Gasteiger partial charge in [0.25, 0.3) is 0 Å². The quantitative estimate of drug-likeness (QED) is 0.756. The number of aromatic hydroxyl groups is 1. The molecule has 0 aliphatic heterocycles. The van der Waals surface area contributed by atoms with Crippen LogP contribution in [-0.4, -0.2) is 16.7 Å². The van der Waals surface area contributed by atoms with E-state index >= 15 is 0 Å². The number of rotatable bonds is 2. The third-order valence-electron chi connectivity index (χ3n) is 2.48. The molecule has 80 valence electrons. The van der Waals surface area contributed by atoms with Crippen LogP contribution in [0.4, 0.5) is 0 Å². The SMILES string of the molecule is CC(=O)c1cc(C)c(O)c(C(C)=O)c1C. The van der Waals surface area contributed by atoms with Crippen molar-refractivity contribution in [2.45, 2.75) is 27.7 Å². The van der Waals surface area contributed by atoms with Gasteiger partial charge in [-0.15, -0.1) is 0 Å². The lowest BCUT2D eigenvalue weighted by Gasteiger charge is -2.11. The minimum atomic E-state index is -0.226. The highest BCUT2D eigenvalue weighted by molar-refractivity contribution is 6.04. The van der Waals surface area contributed by atoms with E-state index in [9.17, 15) is 14.7 Å². The summed E-state index contributed by atoms with van der Waals surface area (Å²) in [7, 11) is 0. The lowest BCUT2D eigenvalue weighted by Crippen LogP contribution is -2.05. The number of carbonyl (C=O) groups excluding carboxylic acids is 2. The fourth-order valence-electron chi connectivity index (χ4n) is 1.70. The lowest BCUT2D eigenvalue weighted by molar-refractivity contribution is 0.101. The number of carbonyl (C=O) groups is 2. The molecule has 1 rings (SSSR count). The van der Waals surface area contributed by atoms with Crippen molar-refractivity contribution in [1.82, 2.24) is 0 Å². The Hall–Kier alpha value is -1.64. The van der Waals surface area contributed by atoms with Gasteiger partial charge in [0.2, 0.25) is 0 Å². The fraction of sp³-hybridized carbons (Fsp3) is 0.333. The fourth-order valence-corrected chi connectivity index (χ4v) is 1.70. The Balaban J connectivity index is 3.63. The van der Waals surface area contributed by atoms with Crippen LogP contribution in [-0.2, 0) is 0 Å². The second-order valence-corrected chi connectivity index (χ2v) is 3.70. The van der Waals surface area contributed by atoms with E-state index < -0.39 is 0 Å². The molecule has 0 atom stereocenters. The van der Waals surface area contributed by atoms with E-state index in [0.29, 0.717) is 16.7 Å². The maximum Gasteiger partial charge on any atom is 0.163 e. The molecule has 0 aromatic heterocycles. The smallest absolute Gasteiger partial charge is 0.163 e. The van der Waals surface area contributed by atoms with Gasteiger partial charge in [-0.05, 0) is 44.9 Å². The van der Waals surface area contributed by atoms with Gasteiger partial charge < -0.3 is 5.11 Å². The standard InChI is InChI=1S/C12H14O3/c1-6-5-10(8(3)13)7(2)11(9(4)14)12(6)15/h5,15H,1-4H3. The summed E-state index contributed by atoms with van der Waals surface area (Å²) >= 11 is 0. The highest BCUT2D eigenvalue weighted by Crippen LogP contribution is 2.28. The highest BCUT2D eigenvalue weighted by Gasteiger charge is 2.17. The zero-order chi connectivity index (χ0) is 11.7. The molecule has 0 aliphatic carbocycles. The summed E-state index contributed by atoms with van der Waals surface area (Å²) in [6.45, 7) is 6.18. The van der Waals surface area contributed by atoms with Gasteiger partial charge in [0.05, 0.1) is 5.56 Å². The van der Waals surface area contributed by atoms with Gasteiger partial charge in [0.15, 0.2) is 11.6 Å². The number of ketones is 2. The largest absolute Gasteiger partial charge is 0.507 e. The molecule has 1 aromatic rings. The van der Waals surface area contributed by atoms with Crippen molar-refractivity contribution in [3.8, 4) is 5.75 Å². The molecule has 0 saturated carbocycles. The molecule has 0 aliphatic rings. The minimum Gasteiger partial charge on any atom is -0.507 e. The first-order valence-electron chi connectivity index (χ1n) is 4.71. The van der Waals surface area contributed by atoms with E-state index in [4.69, 9.17) is 0 Å². The zero-order valence-electron chi connectivity index (χ0n) is 9.34. The second-order valence-electron chi connectivity index (χ2n) is 3.70. The summed E-state index contributed by atoms with van der Waals surface area (Å²) in [6, 6.07) is 1.61. The first-order chi connectivity index (χ1) is 6.86. The van der Waals surface area contributed by atoms with Gasteiger partial charge >= 0.3 is 0 Å². The van der Waals surface area contributed by atoms with Crippen LogP contribution in [0.2, 0.25) is 0 Å². The van der Waals surface area contributed by atoms with Crippen LogP contribution in [0.3, 0.4) is 0 Å². The van der Waals surface area contributed by atoms with E-state index in [1.54, 1.807) is 19.9 Å². The molecule has 3 nitrogen and oxygen atoms in total. The van der Waals surface area contributed by atoms with E-state index in [0.717, 1.165) is 0 Å². The van der Waals surface area contributed by atoms with Crippen molar-refractivity contribution in [2.24, 2.45) is 0 Å². The van der Waals surface area contributed by atoms with E-state index in [2.05, 4.69) is 0 Å². The molecular formula is C12H14O3. The summed E-state index contributed by atoms with van der Waals surface area (Å²) in [4.78, 5) is 22.7. The Bertz CT molecular complexity index is 445. The van der Waals surface area contributed by atoms with Gasteiger partial charge in [-0.25, -0.2) is 0 Å². The van der Waals surface area contributed by atoms with Crippen LogP contribution < -0.4 is 0 Å². The maximum atomic E-state index is 11.3. The maximum absolute atomic E-state index is 11.3. The highest BCUT2D eigenvalue weighted by atomic mass is 16.3. The van der Waals surface area contributed by atoms with Crippen molar-refractivity contribution in [1.29, 1.82) is 0 Å². The van der Waals surface area contributed by atoms with Gasteiger partial charge in [0, 0.05) is 5.56 Å². The topological polar surface area (TPSA) is 54.4 Å². The average molecular weight is 206 g/mol. The molecule has 1 aromatic carbocycles. The molecule has 0 saturated heterocycles. The van der Waals surface area contributed by atoms with E-state index in [1.807, 2.05) is 0 Å². The first kappa shape index (κ1) is 11.4. The Morgan fingerprint density at radius 3 is 2.07 bits per heavy atom. The van der Waals surface area contributed by atoms with Gasteiger partial charge in [-0.2, -0.15) is 0 Å². The summed E-state index contributed by atoms with van der Waals surface area (Å²) in [6.07, 6.45) is 0. The Morgan fingerprint density at radius 1 is 1.13 bits per heavy atom. The molecule has 0 radical (unpaired) electrons. The predicted octanol–water partition coefficient (Wildman–Crippen LogP) is 2.41. The molecule has 0 unspecified atom stereocenters. The molecule has 0 heterocycles. The number of aryl methyl sites for hydroxylation is 1. The van der Waals surface area contributed by atoms with Crippen LogP contribution in [0.5, 0.6) is 5.75 Å². The molecule has 15 heavy (non-hydrogen) atoms. The van der Waals surface area contributed by atoms with Gasteiger partial charge in [-0.1, -0.05) is 0 Å². The summed E-state index contributed by atoms with van der Waals surface area (Å²) < 4.78 is 0. The monoisotopic (exact) mass is 206 g/mol. The lowest BCUT2D eigenvalue weighted by atomic mass is 9.94. The second kappa shape index (κ2) is 3.85. The van der Waals surface area contributed by atoms with Crippen LogP contribution in [0.25, 0.3) is 0 Å². The van der Waals surface area contributed by atoms with Crippen LogP contribution in [0, 0.1) is 13.8 Å². The van der Waals surface area contributed by atoms with Crippen LogP contribution >= 0.6 is 0 Å². The summed E-state index contributed by atoms with van der Waals surface area (Å²) in [5, 5.41) is 9.72. The number of benzene rings is 1. The molecule has 0 fully saturated rings. The molecule has 0 spiro atoms. The summed E-state index contributed by atoms with van der Waals surface area (Å²) in [5.41, 5.74) is 1.85. The molecule has 0 bridgehead atoms. The average Bonchev–Trinajstić information content (AvgIpc) is 2.10. The van der Waals surface area contributed by atoms with Crippen molar-refractivity contribution in [3.05, 3.63) is 28.3 Å². The third kappa shape index (κ3) is 1.91. The van der Waals surface area contributed by atoms with Crippen molar-refractivity contribution >= 4 is 11.6 Å². The van der Waals surface area contributed by atoms with Crippen molar-refractivity contribution in [2.75, 3.05) is 0 Å². The Morgan fingerprint density at radius 2 is 1.67 bits per heavy atom. The van der Waals surface area contributed by atoms with Crippen molar-refractivity contribution < 1.29 is 14.7 Å². The van der Waals surface area contributed by atoms with Gasteiger partial charge in [0.1, 0.15) is 5.75 Å². The Kier molecular flexibility index (Phi) is 2.93. The normalized spacial score (nSPS) is 10.1. The number of phenolic OH excluding ortho intramolecular Hbond substituents is 1. The third-order valence-corrected chi connectivity index (χ3v) is 2.48. The number of hydrogen-bond acceptors (Lipinski definition) is 3. The van der Waals surface area contributed by atoms with E-state index in [-0.39, 0.29) is 22.9 Å². The van der Waals surface area contributed by atoms with Crippen LogP contribution in [0.1, 0.15) is 45.7 Å². The van der Waals surface area contributed by atoms with Gasteiger partial charge in [-0.3, -0.25) is 9.59 Å². The molecule has 1 N–H and O–H groups in total.